The van der Waals surface area contributed by atoms with E-state index in [0.29, 0.717) is 0 Å². The third kappa shape index (κ3) is 6.62. The van der Waals surface area contributed by atoms with E-state index in [0.717, 1.165) is 82.7 Å². The molecule has 13 aromatic rings. The van der Waals surface area contributed by atoms with Crippen LogP contribution >= 0.6 is 0 Å². The summed E-state index contributed by atoms with van der Waals surface area (Å²) >= 11 is 0. The van der Waals surface area contributed by atoms with Crippen LogP contribution in [0.3, 0.4) is 0 Å². The molecule has 0 radical (unpaired) electrons. The molecule has 0 aliphatic carbocycles. The summed E-state index contributed by atoms with van der Waals surface area (Å²) in [6.45, 7) is 0. The van der Waals surface area contributed by atoms with Crippen LogP contribution in [-0.2, 0) is 0 Å². The fourth-order valence-electron chi connectivity index (χ4n) is 11.0. The molecule has 0 saturated heterocycles. The topological polar surface area (TPSA) is 9.86 Å². The maximum absolute atomic E-state index is 8.92. The number of benzene rings is 11. The quantitative estimate of drug-likeness (QED) is 0.101. The molecule has 69 heavy (non-hydrogen) atoms. The first-order valence-corrected chi connectivity index (χ1v) is 25.4. The largest absolute Gasteiger partial charge is 0.309 e. The number of fused-ring (bicyclic) bond motifs is 6. The summed E-state index contributed by atoms with van der Waals surface area (Å²) in [4.78, 5) is 0. The number of rotatable bonds is 9. The standard InChI is InChI=1S/C66H46N2Si/c1-7-23-47(24-8-1)58-45-55(69(52-29-13-4-14-30-52,53-31-15-5-16-32-53)54-33-17-6-18-34-54)46-59(48-25-9-2-10-26-48)66(58)68-63-38-22-20-36-57(63)61-44-50(40-42-65(61)68)49-39-41-64-60(43-49)56-35-19-21-37-62(56)67(64)51-27-11-3-12-28-51/h1-46H/i3D,11D,12D,27D,28D. The second-order valence-electron chi connectivity index (χ2n) is 17.6. The molecule has 3 heteroatoms. The van der Waals surface area contributed by atoms with Crippen LogP contribution in [0.2, 0.25) is 0 Å². The molecule has 2 heterocycles. The average molecular weight is 900 g/mol. The van der Waals surface area contributed by atoms with Crippen molar-refractivity contribution >= 4 is 72.4 Å². The van der Waals surface area contributed by atoms with Gasteiger partial charge in [-0.25, -0.2) is 0 Å². The zero-order chi connectivity index (χ0) is 50.1. The summed E-state index contributed by atoms with van der Waals surface area (Å²) in [5.74, 6) is 0. The number of aromatic nitrogens is 2. The molecule has 13 rings (SSSR count). The zero-order valence-electron chi connectivity index (χ0n) is 42.6. The van der Waals surface area contributed by atoms with Gasteiger partial charge in [-0.15, -0.1) is 0 Å². The van der Waals surface area contributed by atoms with Crippen molar-refractivity contribution in [1.82, 2.24) is 9.13 Å². The molecule has 0 spiro atoms. The van der Waals surface area contributed by atoms with E-state index in [2.05, 4.69) is 223 Å². The van der Waals surface area contributed by atoms with Gasteiger partial charge in [0.05, 0.1) is 34.6 Å². The first kappa shape index (κ1) is 35.4. The van der Waals surface area contributed by atoms with Crippen LogP contribution in [0.5, 0.6) is 0 Å². The Morgan fingerprint density at radius 2 is 0.667 bits per heavy atom. The monoisotopic (exact) mass is 899 g/mol. The minimum absolute atomic E-state index is 0.134. The van der Waals surface area contributed by atoms with Gasteiger partial charge in [0.15, 0.2) is 8.07 Å². The molecular weight excluding hydrogens is 849 g/mol. The second-order valence-corrected chi connectivity index (χ2v) is 21.5. The van der Waals surface area contributed by atoms with Gasteiger partial charge in [-0.3, -0.25) is 0 Å². The van der Waals surface area contributed by atoms with Crippen molar-refractivity contribution in [3.05, 3.63) is 279 Å². The normalized spacial score (nSPS) is 12.8. The molecule has 0 bridgehead atoms. The van der Waals surface area contributed by atoms with Crippen LogP contribution in [0.1, 0.15) is 6.85 Å². The molecule has 0 N–H and O–H groups in total. The summed E-state index contributed by atoms with van der Waals surface area (Å²) < 4.78 is 47.4. The molecular formula is C66H46N2Si. The van der Waals surface area contributed by atoms with E-state index < -0.39 is 14.1 Å². The van der Waals surface area contributed by atoms with Crippen molar-refractivity contribution in [1.29, 1.82) is 0 Å². The lowest BCUT2D eigenvalue weighted by atomic mass is 9.95. The number of para-hydroxylation sites is 3. The van der Waals surface area contributed by atoms with Gasteiger partial charge in [-0.2, -0.15) is 0 Å². The molecule has 0 amide bonds. The minimum atomic E-state index is -3.01. The van der Waals surface area contributed by atoms with E-state index in [4.69, 9.17) is 6.85 Å². The molecule has 2 aromatic heterocycles. The summed E-state index contributed by atoms with van der Waals surface area (Å²) in [6.07, 6.45) is 0. The maximum atomic E-state index is 8.92. The molecule has 0 unspecified atom stereocenters. The van der Waals surface area contributed by atoms with Gasteiger partial charge in [0.2, 0.25) is 0 Å². The highest BCUT2D eigenvalue weighted by Crippen LogP contribution is 2.43. The van der Waals surface area contributed by atoms with Crippen LogP contribution in [-0.4, -0.2) is 17.2 Å². The Bertz CT molecular complexity index is 4100. The Balaban J connectivity index is 1.08. The van der Waals surface area contributed by atoms with Crippen LogP contribution in [0.15, 0.2) is 279 Å². The lowest BCUT2D eigenvalue weighted by molar-refractivity contribution is 1.18. The van der Waals surface area contributed by atoms with Crippen LogP contribution in [0.4, 0.5) is 0 Å². The maximum Gasteiger partial charge on any atom is 0.179 e. The molecule has 0 aliphatic heterocycles. The van der Waals surface area contributed by atoms with Gasteiger partial charge in [0, 0.05) is 38.4 Å². The zero-order valence-corrected chi connectivity index (χ0v) is 38.6. The molecule has 0 aliphatic rings. The van der Waals surface area contributed by atoms with Gasteiger partial charge in [0.25, 0.3) is 0 Å². The van der Waals surface area contributed by atoms with Crippen molar-refractivity contribution in [2.45, 2.75) is 0 Å². The van der Waals surface area contributed by atoms with Crippen molar-refractivity contribution in [2.24, 2.45) is 0 Å². The summed E-state index contributed by atoms with van der Waals surface area (Å²) in [5, 5.41) is 9.31. The van der Waals surface area contributed by atoms with Crippen LogP contribution in [0, 0.1) is 0 Å². The van der Waals surface area contributed by atoms with Crippen molar-refractivity contribution in [3.8, 4) is 44.8 Å². The Kier molecular flexibility index (Phi) is 8.65. The van der Waals surface area contributed by atoms with E-state index >= 15 is 0 Å². The van der Waals surface area contributed by atoms with E-state index in [-0.39, 0.29) is 29.9 Å². The molecule has 0 atom stereocenters. The van der Waals surface area contributed by atoms with Crippen molar-refractivity contribution in [3.63, 3.8) is 0 Å². The van der Waals surface area contributed by atoms with Gasteiger partial charge in [0.1, 0.15) is 0 Å². The highest BCUT2D eigenvalue weighted by Gasteiger charge is 2.42. The Hall–Kier alpha value is -8.76. The van der Waals surface area contributed by atoms with Gasteiger partial charge in [-0.05, 0) is 91.5 Å². The Morgan fingerprint density at radius 1 is 0.290 bits per heavy atom. The molecule has 324 valence electrons. The van der Waals surface area contributed by atoms with Gasteiger partial charge < -0.3 is 9.13 Å². The molecule has 2 nitrogen and oxygen atoms in total. The number of nitrogens with zero attached hydrogens (tertiary/aromatic N) is 2. The lowest BCUT2D eigenvalue weighted by Gasteiger charge is -2.36. The van der Waals surface area contributed by atoms with Gasteiger partial charge >= 0.3 is 0 Å². The molecule has 0 fully saturated rings. The lowest BCUT2D eigenvalue weighted by Crippen LogP contribution is -2.74. The fraction of sp³-hybridized carbons (Fsp3) is 0. The van der Waals surface area contributed by atoms with Crippen molar-refractivity contribution < 1.29 is 6.85 Å². The fourth-order valence-corrected chi connectivity index (χ4v) is 15.8. The van der Waals surface area contributed by atoms with Crippen molar-refractivity contribution in [2.75, 3.05) is 0 Å². The second kappa shape index (κ2) is 16.8. The predicted octanol–water partition coefficient (Wildman–Crippen LogP) is 14.3. The predicted molar refractivity (Wildman–Crippen MR) is 295 cm³/mol. The summed E-state index contributed by atoms with van der Waals surface area (Å²) in [5.41, 5.74) is 11.5. The summed E-state index contributed by atoms with van der Waals surface area (Å²) in [7, 11) is -3.01. The Morgan fingerprint density at radius 3 is 1.13 bits per heavy atom. The third-order valence-corrected chi connectivity index (χ3v) is 18.7. The average Bonchev–Trinajstić information content (AvgIpc) is 3.99. The first-order valence-electron chi connectivity index (χ1n) is 25.9. The number of hydrogen-bond donors (Lipinski definition) is 0. The Labute approximate surface area is 410 Å². The van der Waals surface area contributed by atoms with E-state index in [1.807, 2.05) is 34.9 Å². The molecule has 11 aromatic carbocycles. The van der Waals surface area contributed by atoms with Crippen LogP contribution in [0.25, 0.3) is 88.4 Å². The SMILES string of the molecule is [2H]c1c([2H])c([2H])c(-n2c3ccccc3c3cc(-c4ccc5c(c4)c4ccccc4n5-c4c(-c5ccccc5)cc([Si](c5ccccc5)(c5ccccc5)c5ccccc5)cc4-c4ccccc4)ccc32)c([2H])c1[2H]. The van der Waals surface area contributed by atoms with E-state index in [9.17, 15) is 0 Å². The molecule has 0 saturated carbocycles. The van der Waals surface area contributed by atoms with Gasteiger partial charge in [-0.1, -0.05) is 230 Å². The van der Waals surface area contributed by atoms with Crippen LogP contribution < -0.4 is 20.7 Å². The number of hydrogen-bond acceptors (Lipinski definition) is 0. The third-order valence-electron chi connectivity index (χ3n) is 13.9. The smallest absolute Gasteiger partial charge is 0.179 e. The highest BCUT2D eigenvalue weighted by molar-refractivity contribution is 7.20. The first-order chi connectivity index (χ1) is 36.3. The summed E-state index contributed by atoms with van der Waals surface area (Å²) in [6, 6.07) is 88.1. The van der Waals surface area contributed by atoms with E-state index in [1.54, 1.807) is 0 Å². The van der Waals surface area contributed by atoms with E-state index in [1.165, 1.54) is 20.7 Å². The highest BCUT2D eigenvalue weighted by atomic mass is 28.3. The minimum Gasteiger partial charge on any atom is -0.309 e.